The Balaban J connectivity index is 1.65. The lowest BCUT2D eigenvalue weighted by Gasteiger charge is -2.26. The standard InChI is InChI=1S/C23H26N2O4S2/c1-16-10-11-17(31(27,28)25-12-6-3-7-13-25)14-20(16)24-23(26)22-19(15-30-2)18-8-4-5-9-21(18)29-22/h4-5,8-11,14H,3,6-7,12-13,15H2,1-2H3,(H,24,26). The van der Waals surface area contributed by atoms with Crippen LogP contribution in [0.4, 0.5) is 5.69 Å². The minimum absolute atomic E-state index is 0.198. The van der Waals surface area contributed by atoms with Gasteiger partial charge in [-0.3, -0.25) is 4.79 Å². The number of hydrogen-bond acceptors (Lipinski definition) is 5. The SMILES string of the molecule is CSCc1c(C(=O)Nc2cc(S(=O)(=O)N3CCCCC3)ccc2C)oc2ccccc12. The second-order valence-corrected chi connectivity index (χ2v) is 10.5. The topological polar surface area (TPSA) is 79.6 Å². The van der Waals surface area contributed by atoms with Crippen molar-refractivity contribution >= 4 is 44.3 Å². The second-order valence-electron chi connectivity index (χ2n) is 7.73. The van der Waals surface area contributed by atoms with Crippen molar-refractivity contribution in [1.82, 2.24) is 4.31 Å². The second kappa shape index (κ2) is 9.06. The zero-order valence-electron chi connectivity index (χ0n) is 17.7. The van der Waals surface area contributed by atoms with Gasteiger partial charge in [-0.2, -0.15) is 16.1 Å². The number of carbonyl (C=O) groups is 1. The Labute approximate surface area is 187 Å². The van der Waals surface area contributed by atoms with Crippen LogP contribution < -0.4 is 5.32 Å². The normalized spacial score (nSPS) is 15.3. The number of nitrogens with zero attached hydrogens (tertiary/aromatic N) is 1. The van der Waals surface area contributed by atoms with Crippen LogP contribution in [0.1, 0.15) is 40.9 Å². The van der Waals surface area contributed by atoms with Gasteiger partial charge in [0.2, 0.25) is 10.0 Å². The molecular formula is C23H26N2O4S2. The van der Waals surface area contributed by atoms with Gasteiger partial charge in [-0.15, -0.1) is 0 Å². The van der Waals surface area contributed by atoms with Gasteiger partial charge in [-0.1, -0.05) is 30.7 Å². The average Bonchev–Trinajstić information content (AvgIpc) is 3.15. The number of furan rings is 1. The molecule has 1 aliphatic rings. The molecule has 1 fully saturated rings. The van der Waals surface area contributed by atoms with E-state index in [9.17, 15) is 13.2 Å². The van der Waals surface area contributed by atoms with E-state index in [4.69, 9.17) is 4.42 Å². The summed E-state index contributed by atoms with van der Waals surface area (Å²) in [6.07, 6.45) is 4.78. The van der Waals surface area contributed by atoms with Gasteiger partial charge in [0.1, 0.15) is 5.58 Å². The summed E-state index contributed by atoms with van der Waals surface area (Å²) in [5.74, 6) is 0.525. The van der Waals surface area contributed by atoms with E-state index in [1.807, 2.05) is 37.4 Å². The molecule has 0 unspecified atom stereocenters. The highest BCUT2D eigenvalue weighted by molar-refractivity contribution is 7.97. The van der Waals surface area contributed by atoms with E-state index in [0.29, 0.717) is 30.1 Å². The predicted octanol–water partition coefficient (Wildman–Crippen LogP) is 5.03. The molecule has 0 atom stereocenters. The summed E-state index contributed by atoms with van der Waals surface area (Å²) in [7, 11) is -3.58. The van der Waals surface area contributed by atoms with Crippen LogP contribution in [0.3, 0.4) is 0 Å². The van der Waals surface area contributed by atoms with E-state index in [0.717, 1.165) is 35.8 Å². The van der Waals surface area contributed by atoms with Crippen molar-refractivity contribution in [2.24, 2.45) is 0 Å². The molecule has 1 aromatic heterocycles. The van der Waals surface area contributed by atoms with Gasteiger partial charge >= 0.3 is 0 Å². The van der Waals surface area contributed by atoms with E-state index >= 15 is 0 Å². The Morgan fingerprint density at radius 2 is 1.87 bits per heavy atom. The number of benzene rings is 2. The molecule has 8 heteroatoms. The van der Waals surface area contributed by atoms with Crippen molar-refractivity contribution in [2.75, 3.05) is 24.7 Å². The van der Waals surface area contributed by atoms with Crippen LogP contribution in [0, 0.1) is 6.92 Å². The van der Waals surface area contributed by atoms with Gasteiger partial charge in [0.25, 0.3) is 5.91 Å². The van der Waals surface area contributed by atoms with Crippen LogP contribution in [-0.2, 0) is 15.8 Å². The summed E-state index contributed by atoms with van der Waals surface area (Å²) in [4.78, 5) is 13.3. The number of amides is 1. The number of aryl methyl sites for hydroxylation is 1. The van der Waals surface area contributed by atoms with Crippen molar-refractivity contribution in [3.63, 3.8) is 0 Å². The highest BCUT2D eigenvalue weighted by Gasteiger charge is 2.27. The summed E-state index contributed by atoms with van der Waals surface area (Å²) in [5.41, 5.74) is 2.76. The molecule has 1 amide bonds. The number of sulfonamides is 1. The number of thioether (sulfide) groups is 1. The quantitative estimate of drug-likeness (QED) is 0.560. The van der Waals surface area contributed by atoms with E-state index in [2.05, 4.69) is 5.32 Å². The summed E-state index contributed by atoms with van der Waals surface area (Å²) < 4.78 is 33.5. The summed E-state index contributed by atoms with van der Waals surface area (Å²) in [5, 5.41) is 3.79. The maximum Gasteiger partial charge on any atom is 0.291 e. The van der Waals surface area contributed by atoms with Crippen LogP contribution in [0.15, 0.2) is 51.8 Å². The number of fused-ring (bicyclic) bond motifs is 1. The van der Waals surface area contributed by atoms with Crippen LogP contribution in [0.5, 0.6) is 0 Å². The Bertz CT molecular complexity index is 1210. The number of piperidine rings is 1. The lowest BCUT2D eigenvalue weighted by molar-refractivity contribution is 0.0997. The molecule has 1 aliphatic heterocycles. The maximum atomic E-state index is 13.1. The number of carbonyl (C=O) groups excluding carboxylic acids is 1. The molecule has 31 heavy (non-hydrogen) atoms. The molecule has 0 spiro atoms. The molecule has 0 saturated carbocycles. The molecule has 0 bridgehead atoms. The Morgan fingerprint density at radius 3 is 2.61 bits per heavy atom. The minimum Gasteiger partial charge on any atom is -0.451 e. The number of hydrogen-bond donors (Lipinski definition) is 1. The largest absolute Gasteiger partial charge is 0.451 e. The molecule has 2 heterocycles. The Kier molecular flexibility index (Phi) is 6.41. The number of nitrogens with one attached hydrogen (secondary N) is 1. The summed E-state index contributed by atoms with van der Waals surface area (Å²) in [6, 6.07) is 12.5. The average molecular weight is 459 g/mol. The monoisotopic (exact) mass is 458 g/mol. The molecule has 164 valence electrons. The smallest absolute Gasteiger partial charge is 0.291 e. The molecule has 2 aromatic carbocycles. The van der Waals surface area contributed by atoms with Crippen molar-refractivity contribution in [3.8, 4) is 0 Å². The Hall–Kier alpha value is -2.29. The zero-order valence-corrected chi connectivity index (χ0v) is 19.3. The van der Waals surface area contributed by atoms with Gasteiger partial charge in [0.15, 0.2) is 5.76 Å². The zero-order chi connectivity index (χ0) is 22.0. The summed E-state index contributed by atoms with van der Waals surface area (Å²) >= 11 is 1.61. The van der Waals surface area contributed by atoms with Gasteiger partial charge in [-0.25, -0.2) is 8.42 Å². The predicted molar refractivity (Wildman–Crippen MR) is 125 cm³/mol. The first-order chi connectivity index (χ1) is 14.9. The van der Waals surface area contributed by atoms with Gasteiger partial charge in [0, 0.05) is 35.5 Å². The van der Waals surface area contributed by atoms with E-state index < -0.39 is 10.0 Å². The minimum atomic E-state index is -3.58. The fraction of sp³-hybridized carbons (Fsp3) is 0.348. The first-order valence-electron chi connectivity index (χ1n) is 10.3. The maximum absolute atomic E-state index is 13.1. The van der Waals surface area contributed by atoms with E-state index in [-0.39, 0.29) is 16.6 Å². The molecule has 4 rings (SSSR count). The fourth-order valence-corrected chi connectivity index (χ4v) is 6.02. The van der Waals surface area contributed by atoms with Gasteiger partial charge in [0.05, 0.1) is 4.90 Å². The van der Waals surface area contributed by atoms with Gasteiger partial charge < -0.3 is 9.73 Å². The molecule has 3 aromatic rings. The number of para-hydroxylation sites is 1. The molecule has 0 aliphatic carbocycles. The summed E-state index contributed by atoms with van der Waals surface area (Å²) in [6.45, 7) is 2.91. The third-order valence-electron chi connectivity index (χ3n) is 5.60. The molecule has 6 nitrogen and oxygen atoms in total. The molecule has 1 N–H and O–H groups in total. The third-order valence-corrected chi connectivity index (χ3v) is 8.08. The lowest BCUT2D eigenvalue weighted by atomic mass is 10.1. The lowest BCUT2D eigenvalue weighted by Crippen LogP contribution is -2.35. The van der Waals surface area contributed by atoms with Crippen LogP contribution in [0.2, 0.25) is 0 Å². The third kappa shape index (κ3) is 4.37. The van der Waals surface area contributed by atoms with Crippen LogP contribution >= 0.6 is 11.8 Å². The van der Waals surface area contributed by atoms with Crippen molar-refractivity contribution < 1.29 is 17.6 Å². The first-order valence-corrected chi connectivity index (χ1v) is 13.2. The van der Waals surface area contributed by atoms with Crippen molar-refractivity contribution in [2.45, 2.75) is 36.8 Å². The van der Waals surface area contributed by atoms with E-state index in [1.165, 1.54) is 4.31 Å². The highest BCUT2D eigenvalue weighted by Crippen LogP contribution is 2.30. The number of rotatable bonds is 6. The van der Waals surface area contributed by atoms with Crippen molar-refractivity contribution in [1.29, 1.82) is 0 Å². The molecular weight excluding hydrogens is 432 g/mol. The van der Waals surface area contributed by atoms with E-state index in [1.54, 1.807) is 30.0 Å². The molecule has 1 saturated heterocycles. The van der Waals surface area contributed by atoms with Crippen LogP contribution in [-0.4, -0.2) is 38.0 Å². The van der Waals surface area contributed by atoms with Crippen LogP contribution in [0.25, 0.3) is 11.0 Å². The van der Waals surface area contributed by atoms with Crippen molar-refractivity contribution in [3.05, 3.63) is 59.4 Å². The number of anilines is 1. The highest BCUT2D eigenvalue weighted by atomic mass is 32.2. The van der Waals surface area contributed by atoms with Gasteiger partial charge in [-0.05, 0) is 49.8 Å². The first kappa shape index (κ1) is 21.9. The Morgan fingerprint density at radius 1 is 1.13 bits per heavy atom. The molecule has 0 radical (unpaired) electrons. The fourth-order valence-electron chi connectivity index (χ4n) is 3.90.